The first-order valence-electron chi connectivity index (χ1n) is 10.3. The number of rotatable bonds is 7. The maximum Gasteiger partial charge on any atom is 0.263 e. The maximum absolute atomic E-state index is 12.5. The van der Waals surface area contributed by atoms with E-state index in [1.54, 1.807) is 0 Å². The Labute approximate surface area is 176 Å². The van der Waals surface area contributed by atoms with Crippen LogP contribution in [0.2, 0.25) is 0 Å². The fourth-order valence-corrected chi connectivity index (χ4v) is 4.67. The van der Waals surface area contributed by atoms with Gasteiger partial charge in [-0.3, -0.25) is 9.59 Å². The number of thiazole rings is 1. The lowest BCUT2D eigenvalue weighted by atomic mass is 10.1. The van der Waals surface area contributed by atoms with Gasteiger partial charge in [0.25, 0.3) is 5.91 Å². The molecule has 2 heterocycles. The van der Waals surface area contributed by atoms with E-state index in [4.69, 9.17) is 0 Å². The smallest absolute Gasteiger partial charge is 0.263 e. The van der Waals surface area contributed by atoms with Crippen molar-refractivity contribution in [3.63, 3.8) is 0 Å². The molecule has 0 atom stereocenters. The van der Waals surface area contributed by atoms with E-state index in [1.165, 1.54) is 17.0 Å². The molecule has 1 fully saturated rings. The molecule has 0 radical (unpaired) electrons. The first-order chi connectivity index (χ1) is 13.9. The average Bonchev–Trinajstić information content (AvgIpc) is 3.08. The van der Waals surface area contributed by atoms with Gasteiger partial charge in [-0.05, 0) is 25.0 Å². The molecule has 0 saturated carbocycles. The number of piperazine rings is 1. The molecule has 0 bridgehead atoms. The third kappa shape index (κ3) is 5.79. The highest BCUT2D eigenvalue weighted by Crippen LogP contribution is 2.20. The Balaban J connectivity index is 1.42. The van der Waals surface area contributed by atoms with Gasteiger partial charge < -0.3 is 15.1 Å². The zero-order valence-corrected chi connectivity index (χ0v) is 18.3. The molecule has 1 aliphatic rings. The summed E-state index contributed by atoms with van der Waals surface area (Å²) in [6.45, 7) is 9.60. The largest absolute Gasteiger partial charge is 0.368 e. The van der Waals surface area contributed by atoms with Crippen LogP contribution >= 0.6 is 11.3 Å². The number of nitrogens with one attached hydrogen (secondary N) is 1. The SMILES string of the molecule is Cc1nc(CC(C)C)sc1C(=O)NCCC(=O)N1CCN(c2ccccc2)CC1. The highest BCUT2D eigenvalue weighted by Gasteiger charge is 2.21. The predicted octanol–water partition coefficient (Wildman–Crippen LogP) is 3.12. The number of aryl methyl sites for hydroxylation is 1. The monoisotopic (exact) mass is 414 g/mol. The van der Waals surface area contributed by atoms with Crippen molar-refractivity contribution in [2.75, 3.05) is 37.6 Å². The van der Waals surface area contributed by atoms with E-state index in [1.807, 2.05) is 30.0 Å². The topological polar surface area (TPSA) is 65.5 Å². The number of hydrogen-bond donors (Lipinski definition) is 1. The molecular weight excluding hydrogens is 384 g/mol. The lowest BCUT2D eigenvalue weighted by molar-refractivity contribution is -0.131. The normalized spacial score (nSPS) is 14.3. The second-order valence-electron chi connectivity index (χ2n) is 7.83. The molecule has 1 aromatic heterocycles. The number of hydrogen-bond acceptors (Lipinski definition) is 5. The van der Waals surface area contributed by atoms with E-state index < -0.39 is 0 Å². The summed E-state index contributed by atoms with van der Waals surface area (Å²) in [5.41, 5.74) is 1.97. The molecule has 1 N–H and O–H groups in total. The van der Waals surface area contributed by atoms with E-state index in [9.17, 15) is 9.59 Å². The standard InChI is InChI=1S/C22H30N4O2S/c1-16(2)15-19-24-17(3)21(29-19)22(28)23-10-9-20(27)26-13-11-25(12-14-26)18-7-5-4-6-8-18/h4-8,16H,9-15H2,1-3H3,(H,23,28). The molecule has 29 heavy (non-hydrogen) atoms. The van der Waals surface area contributed by atoms with Crippen LogP contribution in [0.3, 0.4) is 0 Å². The molecule has 6 nitrogen and oxygen atoms in total. The zero-order valence-electron chi connectivity index (χ0n) is 17.5. The number of aromatic nitrogens is 1. The van der Waals surface area contributed by atoms with Gasteiger partial charge in [0.2, 0.25) is 5.91 Å². The van der Waals surface area contributed by atoms with Gasteiger partial charge in [0.15, 0.2) is 0 Å². The number of benzene rings is 1. The Hall–Kier alpha value is -2.41. The van der Waals surface area contributed by atoms with Crippen molar-refractivity contribution in [2.45, 2.75) is 33.6 Å². The van der Waals surface area contributed by atoms with Crippen LogP contribution in [0.25, 0.3) is 0 Å². The fraction of sp³-hybridized carbons (Fsp3) is 0.500. The van der Waals surface area contributed by atoms with Crippen LogP contribution in [-0.4, -0.2) is 54.4 Å². The molecule has 0 spiro atoms. The van der Waals surface area contributed by atoms with E-state index in [0.29, 0.717) is 36.9 Å². The van der Waals surface area contributed by atoms with E-state index in [2.05, 4.69) is 41.2 Å². The molecule has 156 valence electrons. The average molecular weight is 415 g/mol. The van der Waals surface area contributed by atoms with Crippen molar-refractivity contribution >= 4 is 28.8 Å². The molecule has 1 aliphatic heterocycles. The summed E-state index contributed by atoms with van der Waals surface area (Å²) >= 11 is 1.46. The number of carbonyl (C=O) groups excluding carboxylic acids is 2. The summed E-state index contributed by atoms with van der Waals surface area (Å²) < 4.78 is 0. The summed E-state index contributed by atoms with van der Waals surface area (Å²) in [4.78, 5) is 34.3. The highest BCUT2D eigenvalue weighted by molar-refractivity contribution is 7.13. The maximum atomic E-state index is 12.5. The van der Waals surface area contributed by atoms with Crippen LogP contribution in [0.1, 0.15) is 40.6 Å². The van der Waals surface area contributed by atoms with Gasteiger partial charge in [0, 0.05) is 51.3 Å². The van der Waals surface area contributed by atoms with Crippen molar-refractivity contribution < 1.29 is 9.59 Å². The Bertz CT molecular complexity index is 827. The quantitative estimate of drug-likeness (QED) is 0.756. The third-order valence-corrected chi connectivity index (χ3v) is 6.19. The van der Waals surface area contributed by atoms with Crippen LogP contribution in [0, 0.1) is 12.8 Å². The number of carbonyl (C=O) groups is 2. The number of amides is 2. The minimum absolute atomic E-state index is 0.0968. The van der Waals surface area contributed by atoms with Crippen molar-refractivity contribution in [3.05, 3.63) is 45.9 Å². The first kappa shape index (κ1) is 21.3. The number of para-hydroxylation sites is 1. The van der Waals surface area contributed by atoms with Gasteiger partial charge in [-0.25, -0.2) is 4.98 Å². The van der Waals surface area contributed by atoms with Crippen LogP contribution in [0.4, 0.5) is 5.69 Å². The summed E-state index contributed by atoms with van der Waals surface area (Å²) in [6.07, 6.45) is 1.21. The van der Waals surface area contributed by atoms with Crippen molar-refractivity contribution in [1.82, 2.24) is 15.2 Å². The van der Waals surface area contributed by atoms with Crippen LogP contribution in [-0.2, 0) is 11.2 Å². The molecule has 7 heteroatoms. The lowest BCUT2D eigenvalue weighted by Gasteiger charge is -2.36. The molecule has 3 rings (SSSR count). The van der Waals surface area contributed by atoms with E-state index in [0.717, 1.165) is 30.2 Å². The molecule has 1 saturated heterocycles. The fourth-order valence-electron chi connectivity index (χ4n) is 3.47. The lowest BCUT2D eigenvalue weighted by Crippen LogP contribution is -2.49. The Morgan fingerprint density at radius 1 is 1.14 bits per heavy atom. The van der Waals surface area contributed by atoms with Gasteiger partial charge in [-0.15, -0.1) is 11.3 Å². The van der Waals surface area contributed by atoms with Crippen LogP contribution < -0.4 is 10.2 Å². The van der Waals surface area contributed by atoms with Crippen molar-refractivity contribution in [3.8, 4) is 0 Å². The molecule has 2 amide bonds. The summed E-state index contributed by atoms with van der Waals surface area (Å²) in [5.74, 6) is 0.479. The Kier molecular flexibility index (Phi) is 7.25. The second-order valence-corrected chi connectivity index (χ2v) is 8.91. The highest BCUT2D eigenvalue weighted by atomic mass is 32.1. The molecule has 2 aromatic rings. The second kappa shape index (κ2) is 9.87. The number of anilines is 1. The minimum Gasteiger partial charge on any atom is -0.368 e. The molecular formula is C22H30N4O2S. The van der Waals surface area contributed by atoms with Gasteiger partial charge >= 0.3 is 0 Å². The summed E-state index contributed by atoms with van der Waals surface area (Å²) in [6, 6.07) is 10.3. The van der Waals surface area contributed by atoms with Gasteiger partial charge in [-0.1, -0.05) is 32.0 Å². The number of nitrogens with zero attached hydrogens (tertiary/aromatic N) is 3. The Morgan fingerprint density at radius 3 is 2.48 bits per heavy atom. The minimum atomic E-state index is -0.128. The molecule has 0 aliphatic carbocycles. The summed E-state index contributed by atoms with van der Waals surface area (Å²) in [5, 5.41) is 3.88. The van der Waals surface area contributed by atoms with Gasteiger partial charge in [0.1, 0.15) is 4.88 Å². The van der Waals surface area contributed by atoms with E-state index in [-0.39, 0.29) is 11.8 Å². The first-order valence-corrected chi connectivity index (χ1v) is 11.1. The molecule has 0 unspecified atom stereocenters. The Morgan fingerprint density at radius 2 is 1.83 bits per heavy atom. The van der Waals surface area contributed by atoms with Crippen molar-refractivity contribution in [2.24, 2.45) is 5.92 Å². The van der Waals surface area contributed by atoms with Crippen LogP contribution in [0.15, 0.2) is 30.3 Å². The summed E-state index contributed by atoms with van der Waals surface area (Å²) in [7, 11) is 0. The predicted molar refractivity (Wildman–Crippen MR) is 118 cm³/mol. The van der Waals surface area contributed by atoms with Crippen LogP contribution in [0.5, 0.6) is 0 Å². The zero-order chi connectivity index (χ0) is 20.8. The van der Waals surface area contributed by atoms with E-state index >= 15 is 0 Å². The van der Waals surface area contributed by atoms with Gasteiger partial charge in [-0.2, -0.15) is 0 Å². The van der Waals surface area contributed by atoms with Crippen molar-refractivity contribution in [1.29, 1.82) is 0 Å². The third-order valence-electron chi connectivity index (χ3n) is 5.01. The molecule has 1 aromatic carbocycles. The van der Waals surface area contributed by atoms with Gasteiger partial charge in [0.05, 0.1) is 10.7 Å².